The van der Waals surface area contributed by atoms with Gasteiger partial charge in [-0.05, 0) is 18.2 Å². The molecule has 0 aliphatic carbocycles. The second-order valence-corrected chi connectivity index (χ2v) is 5.02. The first-order valence-corrected chi connectivity index (χ1v) is 6.82. The molecule has 0 bridgehead atoms. The standard InChI is InChI=1S/C14H12Cl2N2O3/c15-11-8-9(17)7-10(13(11)16)14(20)21-6-5-18-4-2-1-3-12(18)19/h1-4,7-8H,5-6,17H2. The lowest BCUT2D eigenvalue weighted by atomic mass is 10.2. The van der Waals surface area contributed by atoms with Crippen LogP contribution in [0.4, 0.5) is 5.69 Å². The number of carbonyl (C=O) groups excluding carboxylic acids is 1. The van der Waals surface area contributed by atoms with E-state index in [1.165, 1.54) is 22.8 Å². The van der Waals surface area contributed by atoms with E-state index in [0.29, 0.717) is 5.69 Å². The van der Waals surface area contributed by atoms with Crippen molar-refractivity contribution in [3.63, 3.8) is 0 Å². The molecule has 1 aromatic carbocycles. The Morgan fingerprint density at radius 1 is 1.29 bits per heavy atom. The van der Waals surface area contributed by atoms with Crippen LogP contribution in [0.5, 0.6) is 0 Å². The molecule has 0 aliphatic rings. The fraction of sp³-hybridized carbons (Fsp3) is 0.143. The van der Waals surface area contributed by atoms with Crippen molar-refractivity contribution in [2.45, 2.75) is 6.54 Å². The highest BCUT2D eigenvalue weighted by Gasteiger charge is 2.15. The molecule has 1 heterocycles. The largest absolute Gasteiger partial charge is 0.460 e. The van der Waals surface area contributed by atoms with Gasteiger partial charge in [-0.25, -0.2) is 4.79 Å². The molecule has 0 radical (unpaired) electrons. The average Bonchev–Trinajstić information content (AvgIpc) is 2.44. The summed E-state index contributed by atoms with van der Waals surface area (Å²) in [7, 11) is 0. The van der Waals surface area contributed by atoms with E-state index in [0.717, 1.165) is 0 Å². The molecular weight excluding hydrogens is 315 g/mol. The summed E-state index contributed by atoms with van der Waals surface area (Å²) >= 11 is 11.8. The van der Waals surface area contributed by atoms with E-state index in [2.05, 4.69) is 0 Å². The Kier molecular flexibility index (Phi) is 4.88. The Bertz CT molecular complexity index is 728. The number of pyridine rings is 1. The summed E-state index contributed by atoms with van der Waals surface area (Å²) < 4.78 is 6.51. The molecule has 0 amide bonds. The van der Waals surface area contributed by atoms with Crippen molar-refractivity contribution in [2.24, 2.45) is 0 Å². The van der Waals surface area contributed by atoms with Crippen molar-refractivity contribution in [1.29, 1.82) is 0 Å². The van der Waals surface area contributed by atoms with Crippen LogP contribution in [-0.4, -0.2) is 17.1 Å². The first-order valence-electron chi connectivity index (χ1n) is 6.06. The number of ether oxygens (including phenoxy) is 1. The number of hydrogen-bond donors (Lipinski definition) is 1. The maximum absolute atomic E-state index is 11.9. The molecule has 2 N–H and O–H groups in total. The highest BCUT2D eigenvalue weighted by Crippen LogP contribution is 2.29. The molecule has 0 saturated heterocycles. The number of nitrogens with two attached hydrogens (primary N) is 1. The molecular formula is C14H12Cl2N2O3. The average molecular weight is 327 g/mol. The monoisotopic (exact) mass is 326 g/mol. The first kappa shape index (κ1) is 15.4. The Morgan fingerprint density at radius 3 is 2.76 bits per heavy atom. The van der Waals surface area contributed by atoms with Crippen LogP contribution in [0.15, 0.2) is 41.3 Å². The molecule has 5 nitrogen and oxygen atoms in total. The normalized spacial score (nSPS) is 10.4. The van der Waals surface area contributed by atoms with Crippen molar-refractivity contribution in [3.05, 3.63) is 62.5 Å². The van der Waals surface area contributed by atoms with Gasteiger partial charge in [0, 0.05) is 18.0 Å². The number of aromatic nitrogens is 1. The van der Waals surface area contributed by atoms with E-state index in [1.54, 1.807) is 18.3 Å². The third kappa shape index (κ3) is 3.77. The highest BCUT2D eigenvalue weighted by atomic mass is 35.5. The van der Waals surface area contributed by atoms with Gasteiger partial charge in [0.25, 0.3) is 5.56 Å². The predicted octanol–water partition coefficient (Wildman–Crippen LogP) is 2.59. The number of halogens is 2. The number of nitrogens with zero attached hydrogens (tertiary/aromatic N) is 1. The molecule has 0 fully saturated rings. The van der Waals surface area contributed by atoms with Gasteiger partial charge >= 0.3 is 5.97 Å². The molecule has 0 spiro atoms. The van der Waals surface area contributed by atoms with E-state index in [1.807, 2.05) is 0 Å². The van der Waals surface area contributed by atoms with Crippen LogP contribution in [0.25, 0.3) is 0 Å². The lowest BCUT2D eigenvalue weighted by Gasteiger charge is -2.09. The Balaban J connectivity index is 2.03. The van der Waals surface area contributed by atoms with Crippen LogP contribution in [0.1, 0.15) is 10.4 Å². The summed E-state index contributed by atoms with van der Waals surface area (Å²) in [5, 5.41) is 0.274. The second kappa shape index (κ2) is 6.65. The summed E-state index contributed by atoms with van der Waals surface area (Å²) in [5.74, 6) is -0.641. The maximum Gasteiger partial charge on any atom is 0.339 e. The third-order valence-electron chi connectivity index (χ3n) is 2.73. The lowest BCUT2D eigenvalue weighted by Crippen LogP contribution is -2.21. The van der Waals surface area contributed by atoms with Crippen molar-refractivity contribution in [3.8, 4) is 0 Å². The Hall–Kier alpha value is -1.98. The summed E-state index contributed by atoms with van der Waals surface area (Å²) in [6, 6.07) is 7.63. The number of rotatable bonds is 4. The summed E-state index contributed by atoms with van der Waals surface area (Å²) in [5.41, 5.74) is 5.86. The molecule has 7 heteroatoms. The van der Waals surface area contributed by atoms with Gasteiger partial charge in [0.05, 0.1) is 22.2 Å². The molecule has 2 rings (SSSR count). The van der Waals surface area contributed by atoms with Crippen LogP contribution >= 0.6 is 23.2 Å². The Labute approximate surface area is 130 Å². The molecule has 21 heavy (non-hydrogen) atoms. The zero-order valence-corrected chi connectivity index (χ0v) is 12.4. The first-order chi connectivity index (χ1) is 9.99. The zero-order chi connectivity index (χ0) is 15.4. The number of carbonyl (C=O) groups is 1. The topological polar surface area (TPSA) is 74.3 Å². The number of anilines is 1. The van der Waals surface area contributed by atoms with Gasteiger partial charge in [-0.2, -0.15) is 0 Å². The van der Waals surface area contributed by atoms with E-state index in [9.17, 15) is 9.59 Å². The SMILES string of the molecule is Nc1cc(Cl)c(Cl)c(C(=O)OCCn2ccccc2=O)c1. The number of esters is 1. The quantitative estimate of drug-likeness (QED) is 0.692. The molecule has 0 atom stereocenters. The van der Waals surface area contributed by atoms with Gasteiger partial charge in [-0.1, -0.05) is 29.3 Å². The van der Waals surface area contributed by atoms with Crippen molar-refractivity contribution in [2.75, 3.05) is 12.3 Å². The van der Waals surface area contributed by atoms with Gasteiger partial charge in [-0.3, -0.25) is 4.79 Å². The summed E-state index contributed by atoms with van der Waals surface area (Å²) in [6.45, 7) is 0.282. The van der Waals surface area contributed by atoms with Crippen LogP contribution in [-0.2, 0) is 11.3 Å². The number of benzene rings is 1. The zero-order valence-electron chi connectivity index (χ0n) is 10.9. The fourth-order valence-corrected chi connectivity index (χ4v) is 2.13. The number of hydrogen-bond acceptors (Lipinski definition) is 4. The van der Waals surface area contributed by atoms with Gasteiger partial charge in [0.1, 0.15) is 6.61 Å². The molecule has 0 unspecified atom stereocenters. The summed E-state index contributed by atoms with van der Waals surface area (Å²) in [6.07, 6.45) is 1.61. The predicted molar refractivity (Wildman–Crippen MR) is 81.9 cm³/mol. The molecule has 0 saturated carbocycles. The van der Waals surface area contributed by atoms with Gasteiger partial charge in [-0.15, -0.1) is 0 Å². The minimum Gasteiger partial charge on any atom is -0.460 e. The van der Waals surface area contributed by atoms with E-state index in [-0.39, 0.29) is 34.3 Å². The fourth-order valence-electron chi connectivity index (χ4n) is 1.72. The Morgan fingerprint density at radius 2 is 2.05 bits per heavy atom. The van der Waals surface area contributed by atoms with E-state index >= 15 is 0 Å². The van der Waals surface area contributed by atoms with E-state index < -0.39 is 5.97 Å². The van der Waals surface area contributed by atoms with Crippen LogP contribution in [0.3, 0.4) is 0 Å². The van der Waals surface area contributed by atoms with Crippen LogP contribution < -0.4 is 11.3 Å². The smallest absolute Gasteiger partial charge is 0.339 e. The minimum atomic E-state index is -0.641. The third-order valence-corrected chi connectivity index (χ3v) is 3.54. The minimum absolute atomic E-state index is 0.0332. The molecule has 0 aliphatic heterocycles. The van der Waals surface area contributed by atoms with Gasteiger partial charge < -0.3 is 15.0 Å². The summed E-state index contributed by atoms with van der Waals surface area (Å²) in [4.78, 5) is 23.4. The van der Waals surface area contributed by atoms with Crippen molar-refractivity contribution >= 4 is 34.9 Å². The number of nitrogen functional groups attached to an aromatic ring is 1. The second-order valence-electron chi connectivity index (χ2n) is 4.23. The van der Waals surface area contributed by atoms with Crippen LogP contribution in [0.2, 0.25) is 10.0 Å². The van der Waals surface area contributed by atoms with Crippen LogP contribution in [0, 0.1) is 0 Å². The van der Waals surface area contributed by atoms with Gasteiger partial charge in [0.2, 0.25) is 0 Å². The van der Waals surface area contributed by atoms with Gasteiger partial charge in [0.15, 0.2) is 0 Å². The van der Waals surface area contributed by atoms with E-state index in [4.69, 9.17) is 33.7 Å². The molecule has 2 aromatic rings. The van der Waals surface area contributed by atoms with Crippen molar-refractivity contribution in [1.82, 2.24) is 4.57 Å². The maximum atomic E-state index is 11.9. The van der Waals surface area contributed by atoms with Crippen molar-refractivity contribution < 1.29 is 9.53 Å². The molecule has 110 valence electrons. The molecule has 1 aromatic heterocycles. The lowest BCUT2D eigenvalue weighted by molar-refractivity contribution is 0.0490. The highest BCUT2D eigenvalue weighted by molar-refractivity contribution is 6.44.